The van der Waals surface area contributed by atoms with Crippen molar-refractivity contribution in [3.63, 3.8) is 0 Å². The van der Waals surface area contributed by atoms with E-state index < -0.39 is 0 Å². The van der Waals surface area contributed by atoms with E-state index in [2.05, 4.69) is 41.7 Å². The molecule has 1 aromatic heterocycles. The molecule has 0 radical (unpaired) electrons. The van der Waals surface area contributed by atoms with Crippen molar-refractivity contribution < 1.29 is 0 Å². The van der Waals surface area contributed by atoms with E-state index in [1.807, 2.05) is 24.5 Å². The fourth-order valence-corrected chi connectivity index (χ4v) is 2.51. The summed E-state index contributed by atoms with van der Waals surface area (Å²) in [5, 5.41) is 4.30. The van der Waals surface area contributed by atoms with Gasteiger partial charge in [0.25, 0.3) is 0 Å². The second-order valence-electron chi connectivity index (χ2n) is 4.52. The third-order valence-corrected chi connectivity index (χ3v) is 3.78. The van der Waals surface area contributed by atoms with Gasteiger partial charge in [-0.3, -0.25) is 0 Å². The van der Waals surface area contributed by atoms with E-state index in [1.165, 1.54) is 5.56 Å². The maximum absolute atomic E-state index is 6.24. The van der Waals surface area contributed by atoms with E-state index >= 15 is 0 Å². The lowest BCUT2D eigenvalue weighted by atomic mass is 10.0. The molecule has 1 N–H and O–H groups in total. The summed E-state index contributed by atoms with van der Waals surface area (Å²) in [6.45, 7) is 8.08. The normalized spacial score (nSPS) is 12.6. The zero-order valence-electron chi connectivity index (χ0n) is 11.7. The summed E-state index contributed by atoms with van der Waals surface area (Å²) < 4.78 is 2.16. The fraction of sp³-hybridized carbons (Fsp3) is 0.400. The number of nitrogens with zero attached hydrogens (tertiary/aromatic N) is 2. The molecular formula is C15H20ClN3. The van der Waals surface area contributed by atoms with Crippen molar-refractivity contribution in [1.29, 1.82) is 0 Å². The first-order valence-corrected chi connectivity index (χ1v) is 7.06. The minimum Gasteiger partial charge on any atom is -0.334 e. The Balaban J connectivity index is 2.48. The van der Waals surface area contributed by atoms with Gasteiger partial charge in [-0.05, 0) is 37.6 Å². The van der Waals surface area contributed by atoms with Crippen LogP contribution in [0.15, 0.2) is 30.6 Å². The number of hydrogen-bond acceptors (Lipinski definition) is 2. The number of aryl methyl sites for hydroxylation is 1. The Labute approximate surface area is 119 Å². The van der Waals surface area contributed by atoms with Gasteiger partial charge in [-0.1, -0.05) is 30.7 Å². The predicted molar refractivity (Wildman–Crippen MR) is 79.6 cm³/mol. The highest BCUT2D eigenvalue weighted by Crippen LogP contribution is 2.28. The molecule has 1 heterocycles. The summed E-state index contributed by atoms with van der Waals surface area (Å²) in [5.74, 6) is 1.04. The Morgan fingerprint density at radius 3 is 2.84 bits per heavy atom. The first-order chi connectivity index (χ1) is 9.19. The molecule has 102 valence electrons. The van der Waals surface area contributed by atoms with Crippen molar-refractivity contribution in [2.45, 2.75) is 33.4 Å². The van der Waals surface area contributed by atoms with Gasteiger partial charge in [-0.2, -0.15) is 0 Å². The molecule has 0 aliphatic rings. The number of halogens is 1. The Morgan fingerprint density at radius 1 is 1.37 bits per heavy atom. The zero-order chi connectivity index (χ0) is 13.8. The van der Waals surface area contributed by atoms with Crippen molar-refractivity contribution in [3.05, 3.63) is 52.6 Å². The first kappa shape index (κ1) is 14.1. The Kier molecular flexibility index (Phi) is 4.61. The molecule has 1 atom stereocenters. The average Bonchev–Trinajstić information content (AvgIpc) is 2.88. The highest BCUT2D eigenvalue weighted by molar-refractivity contribution is 6.31. The van der Waals surface area contributed by atoms with E-state index in [4.69, 9.17) is 11.6 Å². The van der Waals surface area contributed by atoms with Crippen molar-refractivity contribution in [2.24, 2.45) is 0 Å². The molecule has 0 fully saturated rings. The molecule has 0 saturated carbocycles. The molecule has 0 amide bonds. The standard InChI is InChI=1S/C15H20ClN3/c1-4-17-14(15-18-9-10-19(15)5-2)12-7-6-8-13(16)11(12)3/h6-10,14,17H,4-5H2,1-3H3. The quantitative estimate of drug-likeness (QED) is 0.906. The van der Waals surface area contributed by atoms with Crippen molar-refractivity contribution >= 4 is 11.6 Å². The summed E-state index contributed by atoms with van der Waals surface area (Å²) in [7, 11) is 0. The molecule has 19 heavy (non-hydrogen) atoms. The lowest BCUT2D eigenvalue weighted by Gasteiger charge is -2.21. The summed E-state index contributed by atoms with van der Waals surface area (Å²) >= 11 is 6.24. The zero-order valence-corrected chi connectivity index (χ0v) is 12.4. The number of aromatic nitrogens is 2. The van der Waals surface area contributed by atoms with Crippen molar-refractivity contribution in [1.82, 2.24) is 14.9 Å². The summed E-state index contributed by atoms with van der Waals surface area (Å²) in [5.41, 5.74) is 2.30. The van der Waals surface area contributed by atoms with Gasteiger partial charge in [-0.25, -0.2) is 4.98 Å². The lowest BCUT2D eigenvalue weighted by Crippen LogP contribution is -2.26. The molecular weight excluding hydrogens is 258 g/mol. The molecule has 3 nitrogen and oxygen atoms in total. The summed E-state index contributed by atoms with van der Waals surface area (Å²) in [4.78, 5) is 4.51. The first-order valence-electron chi connectivity index (χ1n) is 6.68. The topological polar surface area (TPSA) is 29.9 Å². The highest BCUT2D eigenvalue weighted by Gasteiger charge is 2.20. The molecule has 1 aromatic carbocycles. The van der Waals surface area contributed by atoms with Crippen LogP contribution in [-0.2, 0) is 6.54 Å². The molecule has 2 aromatic rings. The summed E-state index contributed by atoms with van der Waals surface area (Å²) in [6.07, 6.45) is 3.86. The van der Waals surface area contributed by atoms with E-state index in [-0.39, 0.29) is 6.04 Å². The Bertz CT molecular complexity index is 548. The van der Waals surface area contributed by atoms with Gasteiger partial charge in [0.1, 0.15) is 5.82 Å². The molecule has 1 unspecified atom stereocenters. The van der Waals surface area contributed by atoms with Gasteiger partial charge in [0.05, 0.1) is 6.04 Å². The van der Waals surface area contributed by atoms with Crippen LogP contribution >= 0.6 is 11.6 Å². The van der Waals surface area contributed by atoms with Crippen LogP contribution in [-0.4, -0.2) is 16.1 Å². The van der Waals surface area contributed by atoms with Crippen LogP contribution in [0.3, 0.4) is 0 Å². The molecule has 0 saturated heterocycles. The molecule has 0 spiro atoms. The van der Waals surface area contributed by atoms with Crippen LogP contribution in [0.1, 0.15) is 36.8 Å². The van der Waals surface area contributed by atoms with E-state index in [9.17, 15) is 0 Å². The van der Waals surface area contributed by atoms with E-state index in [1.54, 1.807) is 0 Å². The number of imidazole rings is 1. The largest absolute Gasteiger partial charge is 0.334 e. The van der Waals surface area contributed by atoms with Gasteiger partial charge in [0, 0.05) is 24.0 Å². The maximum Gasteiger partial charge on any atom is 0.130 e. The Hall–Kier alpha value is -1.32. The SMILES string of the molecule is CCNC(c1cccc(Cl)c1C)c1nccn1CC. The van der Waals surface area contributed by atoms with Crippen LogP contribution < -0.4 is 5.32 Å². The predicted octanol–water partition coefficient (Wildman–Crippen LogP) is 3.56. The molecule has 4 heteroatoms. The van der Waals surface area contributed by atoms with Crippen LogP contribution in [0.25, 0.3) is 0 Å². The number of nitrogens with one attached hydrogen (secondary N) is 1. The van der Waals surface area contributed by atoms with E-state index in [0.29, 0.717) is 0 Å². The molecule has 0 bridgehead atoms. The Morgan fingerprint density at radius 2 is 2.16 bits per heavy atom. The van der Waals surface area contributed by atoms with Crippen molar-refractivity contribution in [3.8, 4) is 0 Å². The van der Waals surface area contributed by atoms with Gasteiger partial charge >= 0.3 is 0 Å². The van der Waals surface area contributed by atoms with Crippen LogP contribution in [0, 0.1) is 6.92 Å². The second-order valence-corrected chi connectivity index (χ2v) is 4.92. The number of hydrogen-bond donors (Lipinski definition) is 1. The maximum atomic E-state index is 6.24. The minimum absolute atomic E-state index is 0.0821. The molecule has 0 aliphatic heterocycles. The number of benzene rings is 1. The van der Waals surface area contributed by atoms with Gasteiger partial charge in [-0.15, -0.1) is 0 Å². The summed E-state index contributed by atoms with van der Waals surface area (Å²) in [6, 6.07) is 6.12. The van der Waals surface area contributed by atoms with Crippen molar-refractivity contribution in [2.75, 3.05) is 6.54 Å². The van der Waals surface area contributed by atoms with Crippen LogP contribution in [0.5, 0.6) is 0 Å². The van der Waals surface area contributed by atoms with Crippen LogP contribution in [0.2, 0.25) is 5.02 Å². The fourth-order valence-electron chi connectivity index (χ4n) is 2.33. The lowest BCUT2D eigenvalue weighted by molar-refractivity contribution is 0.557. The number of rotatable bonds is 5. The third kappa shape index (κ3) is 2.82. The van der Waals surface area contributed by atoms with E-state index in [0.717, 1.165) is 29.5 Å². The van der Waals surface area contributed by atoms with Gasteiger partial charge in [0.2, 0.25) is 0 Å². The van der Waals surface area contributed by atoms with Gasteiger partial charge in [0.15, 0.2) is 0 Å². The third-order valence-electron chi connectivity index (χ3n) is 3.38. The second kappa shape index (κ2) is 6.22. The van der Waals surface area contributed by atoms with Gasteiger partial charge < -0.3 is 9.88 Å². The minimum atomic E-state index is 0.0821. The molecule has 2 rings (SSSR count). The average molecular weight is 278 g/mol. The smallest absolute Gasteiger partial charge is 0.130 e. The van der Waals surface area contributed by atoms with Crippen LogP contribution in [0.4, 0.5) is 0 Å². The highest BCUT2D eigenvalue weighted by atomic mass is 35.5. The monoisotopic (exact) mass is 277 g/mol. The molecule has 0 aliphatic carbocycles.